The molecule has 1 heterocycles. The monoisotopic (exact) mass is 196 g/mol. The van der Waals surface area contributed by atoms with Crippen LogP contribution in [0.1, 0.15) is 13.8 Å². The van der Waals surface area contributed by atoms with Crippen molar-refractivity contribution in [1.82, 2.24) is 4.98 Å². The van der Waals surface area contributed by atoms with Crippen molar-refractivity contribution in [3.63, 3.8) is 0 Å². The van der Waals surface area contributed by atoms with Crippen molar-refractivity contribution in [2.75, 3.05) is 25.1 Å². The van der Waals surface area contributed by atoms with Gasteiger partial charge in [0.2, 0.25) is 0 Å². The number of aliphatic hydroxyl groups is 1. The maximum atomic E-state index is 9.21. The number of nitrogens with one attached hydrogen (secondary N) is 1. The van der Waals surface area contributed by atoms with E-state index in [-0.39, 0.29) is 6.61 Å². The Bertz CT molecular complexity index is 244. The average Bonchev–Trinajstić information content (AvgIpc) is 2.65. The summed E-state index contributed by atoms with van der Waals surface area (Å²) in [6.45, 7) is 5.44. The molecule has 0 amide bonds. The molecule has 0 saturated carbocycles. The van der Waals surface area contributed by atoms with Crippen molar-refractivity contribution in [2.24, 2.45) is 11.8 Å². The molecule has 0 aliphatic carbocycles. The highest BCUT2D eigenvalue weighted by atomic mass is 16.3. The molecule has 0 saturated heterocycles. The van der Waals surface area contributed by atoms with Crippen LogP contribution in [0.2, 0.25) is 0 Å². The predicted octanol–water partition coefficient (Wildman–Crippen LogP) is 1.72. The molecular weight excluding hydrogens is 176 g/mol. The van der Waals surface area contributed by atoms with Crippen LogP contribution in [0.25, 0.3) is 0 Å². The van der Waals surface area contributed by atoms with Gasteiger partial charge in [0.15, 0.2) is 0 Å². The Morgan fingerprint density at radius 1 is 1.50 bits per heavy atom. The van der Waals surface area contributed by atoms with Crippen LogP contribution in [0, 0.1) is 11.8 Å². The first-order valence-electron chi connectivity index (χ1n) is 5.10. The average molecular weight is 196 g/mol. The molecule has 0 aliphatic rings. The Morgan fingerprint density at radius 3 is 2.64 bits per heavy atom. The van der Waals surface area contributed by atoms with Crippen LogP contribution in [0.4, 0.5) is 5.69 Å². The Hall–Kier alpha value is -0.960. The van der Waals surface area contributed by atoms with E-state index in [0.29, 0.717) is 11.8 Å². The van der Waals surface area contributed by atoms with Gasteiger partial charge < -0.3 is 15.0 Å². The molecule has 14 heavy (non-hydrogen) atoms. The molecule has 1 rings (SSSR count). The molecule has 1 atom stereocenters. The van der Waals surface area contributed by atoms with Gasteiger partial charge >= 0.3 is 0 Å². The van der Waals surface area contributed by atoms with Gasteiger partial charge in [-0.05, 0) is 12.0 Å². The zero-order valence-electron chi connectivity index (χ0n) is 9.20. The van der Waals surface area contributed by atoms with E-state index in [1.54, 1.807) is 0 Å². The van der Waals surface area contributed by atoms with Gasteiger partial charge in [0.1, 0.15) is 0 Å². The number of aromatic nitrogens is 1. The Kier molecular flexibility index (Phi) is 4.01. The van der Waals surface area contributed by atoms with E-state index in [9.17, 15) is 5.11 Å². The first-order chi connectivity index (χ1) is 6.65. The van der Waals surface area contributed by atoms with Gasteiger partial charge in [-0.3, -0.25) is 0 Å². The van der Waals surface area contributed by atoms with Crippen molar-refractivity contribution >= 4 is 5.69 Å². The number of H-pyrrole nitrogens is 1. The number of hydrogen-bond acceptors (Lipinski definition) is 2. The smallest absolute Gasteiger partial charge is 0.0541 e. The van der Waals surface area contributed by atoms with Gasteiger partial charge in [-0.2, -0.15) is 0 Å². The van der Waals surface area contributed by atoms with Crippen LogP contribution in [-0.2, 0) is 0 Å². The van der Waals surface area contributed by atoms with Crippen LogP contribution in [0.15, 0.2) is 18.5 Å². The van der Waals surface area contributed by atoms with Crippen LogP contribution < -0.4 is 4.90 Å². The van der Waals surface area contributed by atoms with Gasteiger partial charge in [-0.25, -0.2) is 0 Å². The SMILES string of the molecule is CC(C)C(CO)CN(C)c1cc[nH]c1. The second-order valence-electron chi connectivity index (χ2n) is 4.14. The summed E-state index contributed by atoms with van der Waals surface area (Å²) in [5.41, 5.74) is 1.17. The van der Waals surface area contributed by atoms with E-state index in [4.69, 9.17) is 0 Å². The fourth-order valence-electron chi connectivity index (χ4n) is 1.49. The molecule has 80 valence electrons. The number of nitrogens with zero attached hydrogens (tertiary/aromatic N) is 1. The molecule has 0 fully saturated rings. The normalized spacial score (nSPS) is 13.2. The molecular formula is C11H20N2O. The molecule has 0 radical (unpaired) electrons. The summed E-state index contributed by atoms with van der Waals surface area (Å²) in [7, 11) is 2.05. The summed E-state index contributed by atoms with van der Waals surface area (Å²) in [5.74, 6) is 0.858. The van der Waals surface area contributed by atoms with Gasteiger partial charge in [-0.1, -0.05) is 13.8 Å². The first-order valence-corrected chi connectivity index (χ1v) is 5.10. The summed E-state index contributed by atoms with van der Waals surface area (Å²) >= 11 is 0. The Labute approximate surface area is 85.7 Å². The first kappa shape index (κ1) is 11.1. The maximum Gasteiger partial charge on any atom is 0.0541 e. The lowest BCUT2D eigenvalue weighted by molar-refractivity contribution is 0.193. The maximum absolute atomic E-state index is 9.21. The molecule has 3 nitrogen and oxygen atoms in total. The fraction of sp³-hybridized carbons (Fsp3) is 0.636. The molecule has 3 heteroatoms. The van der Waals surface area contributed by atoms with Crippen LogP contribution >= 0.6 is 0 Å². The summed E-state index contributed by atoms with van der Waals surface area (Å²) < 4.78 is 0. The van der Waals surface area contributed by atoms with E-state index in [1.807, 2.05) is 25.5 Å². The summed E-state index contributed by atoms with van der Waals surface area (Å²) in [5, 5.41) is 9.21. The lowest BCUT2D eigenvalue weighted by Gasteiger charge is -2.25. The number of rotatable bonds is 5. The predicted molar refractivity (Wildman–Crippen MR) is 59.5 cm³/mol. The topological polar surface area (TPSA) is 39.3 Å². The molecule has 2 N–H and O–H groups in total. The highest BCUT2D eigenvalue weighted by molar-refractivity contribution is 5.43. The minimum atomic E-state index is 0.256. The van der Waals surface area contributed by atoms with Crippen molar-refractivity contribution in [3.05, 3.63) is 18.5 Å². The Balaban J connectivity index is 2.51. The highest BCUT2D eigenvalue weighted by Gasteiger charge is 2.14. The molecule has 1 aromatic rings. The largest absolute Gasteiger partial charge is 0.396 e. The van der Waals surface area contributed by atoms with Gasteiger partial charge in [-0.15, -0.1) is 0 Å². The van der Waals surface area contributed by atoms with E-state index >= 15 is 0 Å². The van der Waals surface area contributed by atoms with Crippen molar-refractivity contribution in [3.8, 4) is 0 Å². The lowest BCUT2D eigenvalue weighted by Crippen LogP contribution is -2.30. The zero-order valence-corrected chi connectivity index (χ0v) is 9.20. The molecule has 0 aromatic carbocycles. The van der Waals surface area contributed by atoms with E-state index < -0.39 is 0 Å². The quantitative estimate of drug-likeness (QED) is 0.752. The van der Waals surface area contributed by atoms with Crippen LogP contribution in [-0.4, -0.2) is 30.3 Å². The van der Waals surface area contributed by atoms with E-state index in [1.165, 1.54) is 5.69 Å². The minimum absolute atomic E-state index is 0.256. The number of aromatic amines is 1. The van der Waals surface area contributed by atoms with Gasteiger partial charge in [0.25, 0.3) is 0 Å². The standard InChI is InChI=1S/C11H20N2O/c1-9(2)10(8-14)7-13(3)11-4-5-12-6-11/h4-6,9-10,12,14H,7-8H2,1-3H3. The van der Waals surface area contributed by atoms with E-state index in [0.717, 1.165) is 6.54 Å². The third-order valence-corrected chi connectivity index (χ3v) is 2.71. The number of hydrogen-bond donors (Lipinski definition) is 2. The molecule has 0 bridgehead atoms. The van der Waals surface area contributed by atoms with Gasteiger partial charge in [0, 0.05) is 38.5 Å². The molecule has 1 aromatic heterocycles. The summed E-state index contributed by atoms with van der Waals surface area (Å²) in [4.78, 5) is 5.19. The second kappa shape index (κ2) is 5.05. The third kappa shape index (κ3) is 2.77. The second-order valence-corrected chi connectivity index (χ2v) is 4.14. The number of anilines is 1. The van der Waals surface area contributed by atoms with Crippen LogP contribution in [0.3, 0.4) is 0 Å². The molecule has 0 aliphatic heterocycles. The zero-order chi connectivity index (χ0) is 10.6. The van der Waals surface area contributed by atoms with Crippen LogP contribution in [0.5, 0.6) is 0 Å². The number of aliphatic hydroxyl groups excluding tert-OH is 1. The van der Waals surface area contributed by atoms with Crippen molar-refractivity contribution < 1.29 is 5.11 Å². The highest BCUT2D eigenvalue weighted by Crippen LogP contribution is 2.16. The summed E-state index contributed by atoms with van der Waals surface area (Å²) in [6, 6.07) is 2.04. The van der Waals surface area contributed by atoms with E-state index in [2.05, 4.69) is 23.7 Å². The van der Waals surface area contributed by atoms with Gasteiger partial charge in [0.05, 0.1) is 5.69 Å². The minimum Gasteiger partial charge on any atom is -0.396 e. The third-order valence-electron chi connectivity index (χ3n) is 2.71. The summed E-state index contributed by atoms with van der Waals surface area (Å²) in [6.07, 6.45) is 3.88. The lowest BCUT2D eigenvalue weighted by atomic mass is 9.96. The van der Waals surface area contributed by atoms with Crippen molar-refractivity contribution in [2.45, 2.75) is 13.8 Å². The molecule has 0 spiro atoms. The Morgan fingerprint density at radius 2 is 2.21 bits per heavy atom. The molecule has 1 unspecified atom stereocenters. The fourth-order valence-corrected chi connectivity index (χ4v) is 1.49. The van der Waals surface area contributed by atoms with Crippen molar-refractivity contribution in [1.29, 1.82) is 0 Å².